The molecule has 1 aromatic rings. The minimum Gasteiger partial charge on any atom is -0.449 e. The summed E-state index contributed by atoms with van der Waals surface area (Å²) in [6.45, 7) is 3.18. The first kappa shape index (κ1) is 19.3. The topological polar surface area (TPSA) is 80.7 Å². The van der Waals surface area contributed by atoms with Crippen LogP contribution in [0.25, 0.3) is 0 Å². The molecular formula is C20H26O5. The van der Waals surface area contributed by atoms with Crippen LogP contribution in [-0.4, -0.2) is 28.7 Å². The largest absolute Gasteiger partial charge is 0.449 e. The summed E-state index contributed by atoms with van der Waals surface area (Å²) in [5, 5.41) is 9.93. The smallest absolute Gasteiger partial charge is 0.309 e. The van der Waals surface area contributed by atoms with Gasteiger partial charge in [-0.1, -0.05) is 37.6 Å². The van der Waals surface area contributed by atoms with Crippen molar-refractivity contribution in [2.75, 3.05) is 0 Å². The summed E-state index contributed by atoms with van der Waals surface area (Å²) in [5.41, 5.74) is 1.68. The lowest BCUT2D eigenvalue weighted by atomic mass is 9.91. The lowest BCUT2D eigenvalue weighted by molar-refractivity contribution is -0.160. The highest BCUT2D eigenvalue weighted by Crippen LogP contribution is 2.29. The highest BCUT2D eigenvalue weighted by Gasteiger charge is 2.30. The molecule has 1 aliphatic rings. The van der Waals surface area contributed by atoms with Gasteiger partial charge in [-0.05, 0) is 31.7 Å². The Labute approximate surface area is 148 Å². The quantitative estimate of drug-likeness (QED) is 0.829. The van der Waals surface area contributed by atoms with Gasteiger partial charge in [-0.15, -0.1) is 0 Å². The van der Waals surface area contributed by atoms with Gasteiger partial charge in [-0.25, -0.2) is 0 Å². The number of esters is 1. The molecule has 1 N–H and O–H groups in total. The summed E-state index contributed by atoms with van der Waals surface area (Å²) in [6.07, 6.45) is 1.07. The molecule has 0 saturated carbocycles. The number of carbonyl (C=O) groups excluding carboxylic acids is 3. The standard InChI is InChI=1S/C20H26O5/c1-13-7-3-4-8-15-9-5-6-10-17(15)19(25-20(13)24)18(23)12-16(22)11-14(2)21/h5-6,9-10,13,16,19,22H,3-4,7-8,11-12H2,1-2H3/t13-,16+,19-/m1/s1. The number of fused-ring (bicyclic) bond motifs is 1. The zero-order valence-electron chi connectivity index (χ0n) is 14.9. The maximum atomic E-state index is 12.7. The van der Waals surface area contributed by atoms with E-state index in [0.29, 0.717) is 5.56 Å². The van der Waals surface area contributed by atoms with Gasteiger partial charge in [0, 0.05) is 18.4 Å². The van der Waals surface area contributed by atoms with Crippen molar-refractivity contribution in [3.8, 4) is 0 Å². The Bertz CT molecular complexity index is 637. The number of ether oxygens (including phenoxy) is 1. The average Bonchev–Trinajstić information content (AvgIpc) is 2.55. The van der Waals surface area contributed by atoms with Crippen molar-refractivity contribution in [3.05, 3.63) is 35.4 Å². The molecule has 0 aromatic heterocycles. The molecule has 25 heavy (non-hydrogen) atoms. The van der Waals surface area contributed by atoms with E-state index in [1.165, 1.54) is 6.92 Å². The van der Waals surface area contributed by atoms with Gasteiger partial charge >= 0.3 is 5.97 Å². The van der Waals surface area contributed by atoms with Crippen LogP contribution in [0.4, 0.5) is 0 Å². The van der Waals surface area contributed by atoms with Crippen molar-refractivity contribution >= 4 is 17.5 Å². The fourth-order valence-electron chi connectivity index (χ4n) is 3.18. The Hall–Kier alpha value is -2.01. The van der Waals surface area contributed by atoms with Gasteiger partial charge < -0.3 is 9.84 Å². The second-order valence-corrected chi connectivity index (χ2v) is 6.89. The summed E-state index contributed by atoms with van der Waals surface area (Å²) in [5.74, 6) is -1.21. The maximum absolute atomic E-state index is 12.7. The molecule has 5 nitrogen and oxygen atoms in total. The molecule has 0 bridgehead atoms. The lowest BCUT2D eigenvalue weighted by Gasteiger charge is -2.24. The molecule has 1 heterocycles. The van der Waals surface area contributed by atoms with E-state index < -0.39 is 18.2 Å². The minimum absolute atomic E-state index is 0.0789. The van der Waals surface area contributed by atoms with Gasteiger partial charge in [0.2, 0.25) is 0 Å². The predicted molar refractivity (Wildman–Crippen MR) is 92.9 cm³/mol. The first-order valence-electron chi connectivity index (χ1n) is 8.87. The fraction of sp³-hybridized carbons (Fsp3) is 0.550. The molecule has 0 unspecified atom stereocenters. The number of benzene rings is 1. The third kappa shape index (κ3) is 5.49. The van der Waals surface area contributed by atoms with Gasteiger partial charge in [-0.3, -0.25) is 14.4 Å². The van der Waals surface area contributed by atoms with Crippen LogP contribution in [0.15, 0.2) is 24.3 Å². The zero-order valence-corrected chi connectivity index (χ0v) is 14.9. The number of carbonyl (C=O) groups is 3. The molecule has 5 heteroatoms. The summed E-state index contributed by atoms with van der Waals surface area (Å²) >= 11 is 0. The van der Waals surface area contributed by atoms with Gasteiger partial charge in [0.1, 0.15) is 5.78 Å². The van der Waals surface area contributed by atoms with Crippen molar-refractivity contribution in [3.63, 3.8) is 0 Å². The highest BCUT2D eigenvalue weighted by molar-refractivity contribution is 5.88. The van der Waals surface area contributed by atoms with Crippen molar-refractivity contribution in [2.45, 2.75) is 64.6 Å². The molecular weight excluding hydrogens is 320 g/mol. The van der Waals surface area contributed by atoms with Crippen molar-refractivity contribution in [1.29, 1.82) is 0 Å². The number of rotatable bonds is 5. The van der Waals surface area contributed by atoms with Gasteiger partial charge in [0.15, 0.2) is 11.9 Å². The van der Waals surface area contributed by atoms with Crippen LogP contribution in [0.2, 0.25) is 0 Å². The molecule has 0 saturated heterocycles. The predicted octanol–water partition coefficient (Wildman–Crippen LogP) is 2.93. The Morgan fingerprint density at radius 3 is 2.68 bits per heavy atom. The molecule has 0 radical (unpaired) electrons. The number of aliphatic hydroxyl groups excluding tert-OH is 1. The SMILES string of the molecule is CC(=O)C[C@H](O)CC(=O)[C@@H]1OC(=O)[C@H](C)CCCCc2ccccc21. The second-order valence-electron chi connectivity index (χ2n) is 6.89. The van der Waals surface area contributed by atoms with Crippen molar-refractivity contribution in [2.24, 2.45) is 5.92 Å². The van der Waals surface area contributed by atoms with E-state index in [1.807, 2.05) is 25.1 Å². The van der Waals surface area contributed by atoms with E-state index in [4.69, 9.17) is 4.74 Å². The summed E-state index contributed by atoms with van der Waals surface area (Å²) in [7, 11) is 0. The fourth-order valence-corrected chi connectivity index (χ4v) is 3.18. The molecule has 0 spiro atoms. The van der Waals surface area contributed by atoms with Crippen molar-refractivity contribution < 1.29 is 24.2 Å². The van der Waals surface area contributed by atoms with E-state index >= 15 is 0 Å². The molecule has 1 aromatic carbocycles. The van der Waals surface area contributed by atoms with Crippen LogP contribution >= 0.6 is 0 Å². The normalized spacial score (nSPS) is 22.4. The summed E-state index contributed by atoms with van der Waals surface area (Å²) in [6, 6.07) is 7.46. The molecule has 0 amide bonds. The third-order valence-electron chi connectivity index (χ3n) is 4.56. The van der Waals surface area contributed by atoms with E-state index in [1.54, 1.807) is 6.07 Å². The lowest BCUT2D eigenvalue weighted by Crippen LogP contribution is -2.28. The van der Waals surface area contributed by atoms with Crippen LogP contribution < -0.4 is 0 Å². The van der Waals surface area contributed by atoms with E-state index in [0.717, 1.165) is 31.2 Å². The second kappa shape index (κ2) is 8.90. The number of hydrogen-bond donors (Lipinski definition) is 1. The number of aryl methyl sites for hydroxylation is 1. The van der Waals surface area contributed by atoms with E-state index in [2.05, 4.69) is 0 Å². The van der Waals surface area contributed by atoms with Crippen molar-refractivity contribution in [1.82, 2.24) is 0 Å². The van der Waals surface area contributed by atoms with Crippen LogP contribution in [-0.2, 0) is 25.5 Å². The summed E-state index contributed by atoms with van der Waals surface area (Å²) in [4.78, 5) is 36.2. The molecule has 2 rings (SSSR count). The number of Topliss-reactive ketones (excluding diaryl/α,β-unsaturated/α-hetero) is 2. The molecule has 3 atom stereocenters. The van der Waals surface area contributed by atoms with Crippen LogP contribution in [0.1, 0.15) is 63.2 Å². The number of hydrogen-bond acceptors (Lipinski definition) is 5. The molecule has 0 aliphatic carbocycles. The van der Waals surface area contributed by atoms with Crippen LogP contribution in [0.5, 0.6) is 0 Å². The van der Waals surface area contributed by atoms with E-state index in [-0.39, 0.29) is 30.3 Å². The van der Waals surface area contributed by atoms with Crippen LogP contribution in [0.3, 0.4) is 0 Å². The van der Waals surface area contributed by atoms with Gasteiger partial charge in [0.25, 0.3) is 0 Å². The van der Waals surface area contributed by atoms with Crippen LogP contribution in [0, 0.1) is 5.92 Å². The average molecular weight is 346 g/mol. The monoisotopic (exact) mass is 346 g/mol. The zero-order chi connectivity index (χ0) is 18.4. The van der Waals surface area contributed by atoms with Gasteiger partial charge in [-0.2, -0.15) is 0 Å². The molecule has 0 fully saturated rings. The Kier molecular flexibility index (Phi) is 6.88. The third-order valence-corrected chi connectivity index (χ3v) is 4.56. The Balaban J connectivity index is 2.28. The maximum Gasteiger partial charge on any atom is 0.309 e. The van der Waals surface area contributed by atoms with E-state index in [9.17, 15) is 19.5 Å². The number of cyclic esters (lactones) is 1. The number of aliphatic hydroxyl groups is 1. The number of ketones is 2. The minimum atomic E-state index is -1.05. The molecule has 136 valence electrons. The first-order valence-corrected chi connectivity index (χ1v) is 8.87. The Morgan fingerprint density at radius 2 is 1.96 bits per heavy atom. The molecule has 1 aliphatic heterocycles. The van der Waals surface area contributed by atoms with Gasteiger partial charge in [0.05, 0.1) is 12.0 Å². The summed E-state index contributed by atoms with van der Waals surface area (Å²) < 4.78 is 5.55. The first-order chi connectivity index (χ1) is 11.9. The highest BCUT2D eigenvalue weighted by atomic mass is 16.5. The Morgan fingerprint density at radius 1 is 1.24 bits per heavy atom.